The van der Waals surface area contributed by atoms with Crippen molar-refractivity contribution in [3.05, 3.63) is 12.2 Å². The molecule has 0 radical (unpaired) electrons. The van der Waals surface area contributed by atoms with Crippen LogP contribution in [0.15, 0.2) is 12.2 Å². The highest BCUT2D eigenvalue weighted by Gasteiger charge is 2.24. The lowest BCUT2D eigenvalue weighted by Gasteiger charge is -2.33. The van der Waals surface area contributed by atoms with Gasteiger partial charge in [0.25, 0.3) is 0 Å². The molecule has 0 aromatic heterocycles. The highest BCUT2D eigenvalue weighted by molar-refractivity contribution is 4.88. The van der Waals surface area contributed by atoms with E-state index in [4.69, 9.17) is 5.73 Å². The average molecular weight is 184 g/mol. The largest absolute Gasteiger partial charge is 0.329 e. The number of nitrogens with two attached hydrogens (primary N) is 1. The molecule has 1 atom stereocenters. The van der Waals surface area contributed by atoms with Crippen LogP contribution in [0, 0.1) is 5.92 Å². The minimum Gasteiger partial charge on any atom is -0.329 e. The maximum atomic E-state index is 5.74. The van der Waals surface area contributed by atoms with Gasteiger partial charge in [0.1, 0.15) is 0 Å². The highest BCUT2D eigenvalue weighted by Crippen LogP contribution is 2.14. The molecule has 0 aromatic rings. The molecule has 0 fully saturated rings. The zero-order valence-electron chi connectivity index (χ0n) is 9.43. The SMILES string of the molecule is C/C=C/CCNC(C)(CN)C(C)C. The van der Waals surface area contributed by atoms with Crippen molar-refractivity contribution in [3.63, 3.8) is 0 Å². The molecule has 0 bridgehead atoms. The molecule has 2 heteroatoms. The molecule has 13 heavy (non-hydrogen) atoms. The van der Waals surface area contributed by atoms with E-state index in [1.165, 1.54) is 0 Å². The topological polar surface area (TPSA) is 38.0 Å². The summed E-state index contributed by atoms with van der Waals surface area (Å²) in [6.07, 6.45) is 5.33. The number of nitrogens with one attached hydrogen (secondary N) is 1. The summed E-state index contributed by atoms with van der Waals surface area (Å²) >= 11 is 0. The Morgan fingerprint density at radius 3 is 2.46 bits per heavy atom. The van der Waals surface area contributed by atoms with Gasteiger partial charge in [-0.15, -0.1) is 0 Å². The molecule has 0 aromatic carbocycles. The van der Waals surface area contributed by atoms with Gasteiger partial charge in [0.2, 0.25) is 0 Å². The van der Waals surface area contributed by atoms with E-state index in [1.54, 1.807) is 0 Å². The van der Waals surface area contributed by atoms with Gasteiger partial charge in [-0.3, -0.25) is 0 Å². The monoisotopic (exact) mass is 184 g/mol. The van der Waals surface area contributed by atoms with Gasteiger partial charge < -0.3 is 11.1 Å². The molecule has 78 valence electrons. The quantitative estimate of drug-likeness (QED) is 0.489. The van der Waals surface area contributed by atoms with E-state index in [-0.39, 0.29) is 5.54 Å². The first-order valence-electron chi connectivity index (χ1n) is 5.13. The van der Waals surface area contributed by atoms with Crippen molar-refractivity contribution in [3.8, 4) is 0 Å². The second-order valence-corrected chi connectivity index (χ2v) is 4.06. The predicted octanol–water partition coefficient (Wildman–Crippen LogP) is 1.92. The second kappa shape index (κ2) is 6.17. The van der Waals surface area contributed by atoms with Crippen LogP contribution in [-0.2, 0) is 0 Å². The summed E-state index contributed by atoms with van der Waals surface area (Å²) in [7, 11) is 0. The van der Waals surface area contributed by atoms with E-state index in [0.717, 1.165) is 13.0 Å². The Morgan fingerprint density at radius 2 is 2.08 bits per heavy atom. The zero-order valence-corrected chi connectivity index (χ0v) is 9.43. The van der Waals surface area contributed by atoms with E-state index in [9.17, 15) is 0 Å². The van der Waals surface area contributed by atoms with Gasteiger partial charge in [-0.25, -0.2) is 0 Å². The minimum atomic E-state index is 0.0849. The molecule has 3 N–H and O–H groups in total. The number of hydrogen-bond acceptors (Lipinski definition) is 2. The van der Waals surface area contributed by atoms with Gasteiger partial charge in [0.05, 0.1) is 0 Å². The summed E-state index contributed by atoms with van der Waals surface area (Å²) in [5.41, 5.74) is 5.83. The van der Waals surface area contributed by atoms with Crippen molar-refractivity contribution in [1.29, 1.82) is 0 Å². The van der Waals surface area contributed by atoms with E-state index in [0.29, 0.717) is 12.5 Å². The molecular formula is C11H24N2. The van der Waals surface area contributed by atoms with Crippen LogP contribution in [0.2, 0.25) is 0 Å². The van der Waals surface area contributed by atoms with Crippen LogP contribution in [-0.4, -0.2) is 18.6 Å². The molecule has 0 amide bonds. The average Bonchev–Trinajstić information content (AvgIpc) is 2.12. The Labute approximate surface area is 82.6 Å². The first-order valence-corrected chi connectivity index (χ1v) is 5.13. The summed E-state index contributed by atoms with van der Waals surface area (Å²) < 4.78 is 0. The molecule has 1 unspecified atom stereocenters. The van der Waals surface area contributed by atoms with Crippen LogP contribution >= 0.6 is 0 Å². The Morgan fingerprint density at radius 1 is 1.46 bits per heavy atom. The third kappa shape index (κ3) is 4.44. The van der Waals surface area contributed by atoms with Crippen LogP contribution in [0.1, 0.15) is 34.1 Å². The fourth-order valence-electron chi connectivity index (χ4n) is 1.12. The molecule has 2 nitrogen and oxygen atoms in total. The van der Waals surface area contributed by atoms with Crippen LogP contribution in [0.4, 0.5) is 0 Å². The number of allylic oxidation sites excluding steroid dienone is 1. The standard InChI is InChI=1S/C11H24N2/c1-5-6-7-8-13-11(4,9-12)10(2)3/h5-6,10,13H,7-9,12H2,1-4H3/b6-5+. The minimum absolute atomic E-state index is 0.0849. The van der Waals surface area contributed by atoms with Gasteiger partial charge in [0.15, 0.2) is 0 Å². The van der Waals surface area contributed by atoms with E-state index in [1.807, 2.05) is 6.92 Å². The molecule has 0 saturated heterocycles. The van der Waals surface area contributed by atoms with Crippen molar-refractivity contribution >= 4 is 0 Å². The van der Waals surface area contributed by atoms with Gasteiger partial charge in [0, 0.05) is 12.1 Å². The predicted molar refractivity (Wildman–Crippen MR) is 59.7 cm³/mol. The smallest absolute Gasteiger partial charge is 0.0298 e. The molecule has 0 spiro atoms. The van der Waals surface area contributed by atoms with Gasteiger partial charge in [-0.2, -0.15) is 0 Å². The lowest BCUT2D eigenvalue weighted by Crippen LogP contribution is -2.52. The van der Waals surface area contributed by atoms with Gasteiger partial charge in [-0.05, 0) is 32.7 Å². The third-order valence-corrected chi connectivity index (χ3v) is 2.77. The van der Waals surface area contributed by atoms with Crippen molar-refractivity contribution in [2.24, 2.45) is 11.7 Å². The Hall–Kier alpha value is -0.340. The molecule has 0 aliphatic carbocycles. The van der Waals surface area contributed by atoms with E-state index < -0.39 is 0 Å². The first kappa shape index (κ1) is 12.7. The van der Waals surface area contributed by atoms with Crippen molar-refractivity contribution in [1.82, 2.24) is 5.32 Å². The first-order chi connectivity index (χ1) is 6.06. The Balaban J connectivity index is 3.84. The van der Waals surface area contributed by atoms with Crippen molar-refractivity contribution in [2.75, 3.05) is 13.1 Å². The lowest BCUT2D eigenvalue weighted by molar-refractivity contribution is 0.272. The second-order valence-electron chi connectivity index (χ2n) is 4.06. The fraction of sp³-hybridized carbons (Fsp3) is 0.818. The summed E-state index contributed by atoms with van der Waals surface area (Å²) in [6, 6.07) is 0. The number of hydrogen-bond donors (Lipinski definition) is 2. The Bertz CT molecular complexity index is 152. The molecule has 0 saturated carbocycles. The van der Waals surface area contributed by atoms with E-state index in [2.05, 4.69) is 38.2 Å². The third-order valence-electron chi connectivity index (χ3n) is 2.77. The number of rotatable bonds is 6. The van der Waals surface area contributed by atoms with Gasteiger partial charge >= 0.3 is 0 Å². The maximum Gasteiger partial charge on any atom is 0.0298 e. The lowest BCUT2D eigenvalue weighted by atomic mass is 9.88. The molecule has 0 aliphatic rings. The summed E-state index contributed by atoms with van der Waals surface area (Å²) in [6.45, 7) is 10.3. The zero-order chi connectivity index (χ0) is 10.3. The summed E-state index contributed by atoms with van der Waals surface area (Å²) in [5.74, 6) is 0.572. The van der Waals surface area contributed by atoms with Crippen LogP contribution in [0.5, 0.6) is 0 Å². The molecule has 0 heterocycles. The van der Waals surface area contributed by atoms with Crippen LogP contribution < -0.4 is 11.1 Å². The van der Waals surface area contributed by atoms with E-state index >= 15 is 0 Å². The Kier molecular flexibility index (Phi) is 6.00. The van der Waals surface area contributed by atoms with Gasteiger partial charge in [-0.1, -0.05) is 26.0 Å². The maximum absolute atomic E-state index is 5.74. The highest BCUT2D eigenvalue weighted by atomic mass is 15.0. The fourth-order valence-corrected chi connectivity index (χ4v) is 1.12. The van der Waals surface area contributed by atoms with Crippen LogP contribution in [0.3, 0.4) is 0 Å². The summed E-state index contributed by atoms with van der Waals surface area (Å²) in [4.78, 5) is 0. The summed E-state index contributed by atoms with van der Waals surface area (Å²) in [5, 5.41) is 3.50. The molecule has 0 aliphatic heterocycles. The van der Waals surface area contributed by atoms with Crippen molar-refractivity contribution in [2.45, 2.75) is 39.7 Å². The molecular weight excluding hydrogens is 160 g/mol. The van der Waals surface area contributed by atoms with Crippen LogP contribution in [0.25, 0.3) is 0 Å². The molecule has 0 rings (SSSR count). The van der Waals surface area contributed by atoms with Crippen molar-refractivity contribution < 1.29 is 0 Å². The normalized spacial score (nSPS) is 16.8.